The number of H-pyrrole nitrogens is 1. The Hall–Kier alpha value is -3.61. The van der Waals surface area contributed by atoms with Gasteiger partial charge in [-0.15, -0.1) is 0 Å². The van der Waals surface area contributed by atoms with Crippen LogP contribution in [0.3, 0.4) is 0 Å². The predicted octanol–water partition coefficient (Wildman–Crippen LogP) is 2.52. The number of benzene rings is 2. The van der Waals surface area contributed by atoms with Crippen molar-refractivity contribution >= 4 is 28.7 Å². The maximum Gasteiger partial charge on any atom is 0.326 e. The molecule has 2 aromatic carbocycles. The minimum atomic E-state index is -1.12. The smallest absolute Gasteiger partial charge is 0.326 e. The van der Waals surface area contributed by atoms with Gasteiger partial charge in [0.25, 0.3) is 5.91 Å². The summed E-state index contributed by atoms with van der Waals surface area (Å²) in [7, 11) is 0. The van der Waals surface area contributed by atoms with Crippen molar-refractivity contribution in [3.05, 3.63) is 65.9 Å². The van der Waals surface area contributed by atoms with Crippen LogP contribution in [0.2, 0.25) is 0 Å². The summed E-state index contributed by atoms with van der Waals surface area (Å²) in [6, 6.07) is 12.4. The maximum atomic E-state index is 12.4. The van der Waals surface area contributed by atoms with Gasteiger partial charge in [0.1, 0.15) is 11.8 Å². The van der Waals surface area contributed by atoms with Gasteiger partial charge in [0.15, 0.2) is 0 Å². The van der Waals surface area contributed by atoms with Crippen molar-refractivity contribution < 1.29 is 24.2 Å². The van der Waals surface area contributed by atoms with E-state index in [1.165, 1.54) is 31.2 Å². The molecule has 0 saturated carbocycles. The number of aromatic nitrogens is 1. The summed E-state index contributed by atoms with van der Waals surface area (Å²) in [5, 5.41) is 13.0. The Morgan fingerprint density at radius 2 is 1.81 bits per heavy atom. The Balaban J connectivity index is 1.73. The number of ether oxygens (including phenoxy) is 1. The largest absolute Gasteiger partial charge is 0.480 e. The molecule has 27 heavy (non-hydrogen) atoms. The molecule has 1 atom stereocenters. The highest BCUT2D eigenvalue weighted by Gasteiger charge is 2.22. The van der Waals surface area contributed by atoms with E-state index in [4.69, 9.17) is 4.74 Å². The number of carbonyl (C=O) groups is 3. The van der Waals surface area contributed by atoms with E-state index >= 15 is 0 Å². The average Bonchev–Trinajstić information content (AvgIpc) is 3.04. The predicted molar refractivity (Wildman–Crippen MR) is 98.6 cm³/mol. The van der Waals surface area contributed by atoms with Gasteiger partial charge < -0.3 is 20.1 Å². The van der Waals surface area contributed by atoms with E-state index < -0.39 is 23.9 Å². The van der Waals surface area contributed by atoms with Crippen molar-refractivity contribution in [1.29, 1.82) is 0 Å². The zero-order chi connectivity index (χ0) is 19.4. The first-order valence-corrected chi connectivity index (χ1v) is 8.31. The number of rotatable bonds is 6. The van der Waals surface area contributed by atoms with Crippen LogP contribution in [0.5, 0.6) is 5.75 Å². The minimum absolute atomic E-state index is 0.149. The monoisotopic (exact) mass is 366 g/mol. The molecule has 1 amide bonds. The second-order valence-corrected chi connectivity index (χ2v) is 6.05. The third-order valence-electron chi connectivity index (χ3n) is 4.08. The van der Waals surface area contributed by atoms with Gasteiger partial charge in [-0.3, -0.25) is 9.59 Å². The molecule has 3 aromatic rings. The summed E-state index contributed by atoms with van der Waals surface area (Å²) in [6.45, 7) is 1.28. The van der Waals surface area contributed by atoms with Crippen LogP contribution < -0.4 is 10.1 Å². The number of carboxylic acids is 1. The van der Waals surface area contributed by atoms with E-state index in [1.807, 2.05) is 24.3 Å². The molecule has 138 valence electrons. The second kappa shape index (κ2) is 7.74. The molecule has 1 heterocycles. The number of fused-ring (bicyclic) bond motifs is 1. The van der Waals surface area contributed by atoms with Crippen LogP contribution in [0.4, 0.5) is 0 Å². The lowest BCUT2D eigenvalue weighted by atomic mass is 10.0. The Kier molecular flexibility index (Phi) is 5.21. The normalized spacial score (nSPS) is 11.7. The molecule has 0 spiro atoms. The van der Waals surface area contributed by atoms with Crippen molar-refractivity contribution in [1.82, 2.24) is 10.3 Å². The number of aromatic amines is 1. The summed E-state index contributed by atoms with van der Waals surface area (Å²) in [5.74, 6) is -1.79. The third kappa shape index (κ3) is 4.33. The van der Waals surface area contributed by atoms with Gasteiger partial charge >= 0.3 is 11.9 Å². The molecule has 0 saturated heterocycles. The van der Waals surface area contributed by atoms with Gasteiger partial charge in [-0.25, -0.2) is 4.79 Å². The summed E-state index contributed by atoms with van der Waals surface area (Å²) < 4.78 is 4.91. The van der Waals surface area contributed by atoms with Gasteiger partial charge in [-0.1, -0.05) is 18.2 Å². The number of hydrogen-bond acceptors (Lipinski definition) is 4. The van der Waals surface area contributed by atoms with E-state index in [2.05, 4.69) is 10.3 Å². The number of esters is 1. The topological polar surface area (TPSA) is 108 Å². The van der Waals surface area contributed by atoms with Gasteiger partial charge in [0, 0.05) is 36.0 Å². The molecular formula is C20H18N2O5. The van der Waals surface area contributed by atoms with E-state index in [9.17, 15) is 19.5 Å². The molecule has 0 aliphatic rings. The summed E-state index contributed by atoms with van der Waals surface area (Å²) in [4.78, 5) is 38.0. The van der Waals surface area contributed by atoms with Crippen molar-refractivity contribution in [2.24, 2.45) is 0 Å². The van der Waals surface area contributed by atoms with Crippen molar-refractivity contribution in [3.8, 4) is 5.75 Å². The number of aliphatic carboxylic acids is 1. The Morgan fingerprint density at radius 1 is 1.11 bits per heavy atom. The van der Waals surface area contributed by atoms with Gasteiger partial charge in [-0.05, 0) is 35.9 Å². The number of para-hydroxylation sites is 1. The lowest BCUT2D eigenvalue weighted by Crippen LogP contribution is -2.42. The number of carbonyl (C=O) groups excluding carboxylic acids is 2. The molecule has 0 aliphatic carbocycles. The van der Waals surface area contributed by atoms with Crippen LogP contribution >= 0.6 is 0 Å². The van der Waals surface area contributed by atoms with Crippen LogP contribution in [-0.2, 0) is 16.0 Å². The Labute approximate surface area is 155 Å². The van der Waals surface area contributed by atoms with Gasteiger partial charge in [0.05, 0.1) is 0 Å². The highest BCUT2D eigenvalue weighted by molar-refractivity contribution is 5.97. The zero-order valence-electron chi connectivity index (χ0n) is 14.6. The fourth-order valence-corrected chi connectivity index (χ4v) is 2.80. The average molecular weight is 366 g/mol. The molecule has 0 fully saturated rings. The summed E-state index contributed by atoms with van der Waals surface area (Å²) in [6.07, 6.45) is 1.90. The highest BCUT2D eigenvalue weighted by Crippen LogP contribution is 2.19. The first kappa shape index (κ1) is 18.2. The van der Waals surface area contributed by atoms with Crippen LogP contribution in [-0.4, -0.2) is 34.0 Å². The number of hydrogen-bond donors (Lipinski definition) is 3. The first-order chi connectivity index (χ1) is 12.9. The van der Waals surface area contributed by atoms with Crippen LogP contribution in [0.25, 0.3) is 10.9 Å². The first-order valence-electron chi connectivity index (χ1n) is 8.31. The second-order valence-electron chi connectivity index (χ2n) is 6.05. The maximum absolute atomic E-state index is 12.4. The molecule has 7 heteroatoms. The molecule has 0 bridgehead atoms. The molecule has 0 radical (unpaired) electrons. The van der Waals surface area contributed by atoms with Crippen molar-refractivity contribution in [2.45, 2.75) is 19.4 Å². The zero-order valence-corrected chi connectivity index (χ0v) is 14.6. The lowest BCUT2D eigenvalue weighted by molar-refractivity contribution is -0.139. The summed E-state index contributed by atoms with van der Waals surface area (Å²) >= 11 is 0. The van der Waals surface area contributed by atoms with Gasteiger partial charge in [-0.2, -0.15) is 0 Å². The Morgan fingerprint density at radius 3 is 2.48 bits per heavy atom. The quantitative estimate of drug-likeness (QED) is 0.459. The fourth-order valence-electron chi connectivity index (χ4n) is 2.80. The molecule has 0 unspecified atom stereocenters. The number of carboxylic acid groups (broad SMARTS) is 1. The molecule has 7 nitrogen and oxygen atoms in total. The molecule has 0 aliphatic heterocycles. The Bertz CT molecular complexity index is 991. The molecular weight excluding hydrogens is 348 g/mol. The minimum Gasteiger partial charge on any atom is -0.480 e. The van der Waals surface area contributed by atoms with E-state index in [0.717, 1.165) is 16.5 Å². The SMILES string of the molecule is CC(=O)Oc1ccc(C(=O)N[C@@H](Cc2c[nH]c3ccccc23)C(=O)O)cc1. The third-order valence-corrected chi connectivity index (χ3v) is 4.08. The van der Waals surface area contributed by atoms with Crippen molar-refractivity contribution in [2.75, 3.05) is 0 Å². The van der Waals surface area contributed by atoms with Crippen LogP contribution in [0.15, 0.2) is 54.7 Å². The van der Waals surface area contributed by atoms with E-state index in [1.54, 1.807) is 6.20 Å². The fraction of sp³-hybridized carbons (Fsp3) is 0.150. The van der Waals surface area contributed by atoms with Gasteiger partial charge in [0.2, 0.25) is 0 Å². The van der Waals surface area contributed by atoms with E-state index in [-0.39, 0.29) is 12.0 Å². The summed E-state index contributed by atoms with van der Waals surface area (Å²) in [5.41, 5.74) is 1.99. The molecule has 3 N–H and O–H groups in total. The number of amides is 1. The molecule has 1 aromatic heterocycles. The standard InChI is InChI=1S/C20H18N2O5/c1-12(23)27-15-8-6-13(7-9-15)19(24)22-18(20(25)26)10-14-11-21-17-5-3-2-4-16(14)17/h2-9,11,18,21H,10H2,1H3,(H,22,24)(H,25,26)/t18-/m0/s1. The van der Waals surface area contributed by atoms with E-state index in [0.29, 0.717) is 5.75 Å². The molecule has 3 rings (SSSR count). The lowest BCUT2D eigenvalue weighted by Gasteiger charge is -2.14. The van der Waals surface area contributed by atoms with Crippen LogP contribution in [0.1, 0.15) is 22.8 Å². The highest BCUT2D eigenvalue weighted by atomic mass is 16.5. The number of nitrogens with one attached hydrogen (secondary N) is 2. The van der Waals surface area contributed by atoms with Crippen LogP contribution in [0, 0.1) is 0 Å². The van der Waals surface area contributed by atoms with Crippen molar-refractivity contribution in [3.63, 3.8) is 0 Å².